The molecule has 0 unspecified atom stereocenters. The van der Waals surface area contributed by atoms with Gasteiger partial charge in [0.1, 0.15) is 5.82 Å². The number of aromatic nitrogens is 2. The molecule has 0 atom stereocenters. The highest BCUT2D eigenvalue weighted by Gasteiger charge is 2.17. The lowest BCUT2D eigenvalue weighted by Crippen LogP contribution is -2.28. The van der Waals surface area contributed by atoms with Gasteiger partial charge in [0.25, 0.3) is 0 Å². The fourth-order valence-corrected chi connectivity index (χ4v) is 3.86. The van der Waals surface area contributed by atoms with E-state index in [1.807, 2.05) is 13.0 Å². The molecule has 0 aliphatic carbocycles. The molecule has 0 aliphatic rings. The van der Waals surface area contributed by atoms with Gasteiger partial charge in [-0.3, -0.25) is 4.79 Å². The van der Waals surface area contributed by atoms with Crippen LogP contribution in [-0.2, 0) is 21.4 Å². The first kappa shape index (κ1) is 20.1. The molecule has 1 amide bonds. The normalized spacial score (nSPS) is 11.5. The topological polar surface area (TPSA) is 93.1 Å². The van der Waals surface area contributed by atoms with E-state index < -0.39 is 10.0 Å². The van der Waals surface area contributed by atoms with Gasteiger partial charge in [-0.1, -0.05) is 25.5 Å². The van der Waals surface area contributed by atoms with Crippen molar-refractivity contribution in [2.75, 3.05) is 11.9 Å². The van der Waals surface area contributed by atoms with E-state index in [-0.39, 0.29) is 23.8 Å². The maximum atomic E-state index is 12.4. The van der Waals surface area contributed by atoms with Crippen molar-refractivity contribution in [1.82, 2.24) is 14.5 Å². The Morgan fingerprint density at radius 3 is 2.73 bits per heavy atom. The van der Waals surface area contributed by atoms with Crippen molar-refractivity contribution in [3.63, 3.8) is 0 Å². The van der Waals surface area contributed by atoms with Gasteiger partial charge < -0.3 is 5.32 Å². The zero-order chi connectivity index (χ0) is 19.2. The van der Waals surface area contributed by atoms with Crippen molar-refractivity contribution < 1.29 is 13.2 Å². The van der Waals surface area contributed by atoms with Crippen molar-refractivity contribution in [3.8, 4) is 0 Å². The smallest absolute Gasteiger partial charge is 0.240 e. The minimum atomic E-state index is -3.64. The molecular formula is C18H26N4O3S. The number of amides is 1. The summed E-state index contributed by atoms with van der Waals surface area (Å²) in [6.07, 6.45) is 3.69. The predicted octanol–water partition coefficient (Wildman–Crippen LogP) is 2.61. The Bertz CT molecular complexity index is 859. The standard InChI is InChI=1S/C18H26N4O3S/c1-4-5-12-22-17(8-10-19-22)21-18(23)9-11-20-26(24,25)16-13-14(2)6-7-15(16)3/h6-8,10,13,20H,4-5,9,11-12H2,1-3H3,(H,21,23). The average molecular weight is 378 g/mol. The van der Waals surface area contributed by atoms with Crippen LogP contribution in [0.5, 0.6) is 0 Å². The number of hydrogen-bond acceptors (Lipinski definition) is 4. The molecule has 1 aromatic heterocycles. The van der Waals surface area contributed by atoms with Crippen LogP contribution in [0.4, 0.5) is 5.82 Å². The second kappa shape index (κ2) is 8.95. The Kier molecular flexibility index (Phi) is 6.93. The van der Waals surface area contributed by atoms with Gasteiger partial charge in [0.15, 0.2) is 0 Å². The summed E-state index contributed by atoms with van der Waals surface area (Å²) in [5, 5.41) is 6.95. The molecule has 2 rings (SSSR count). The van der Waals surface area contributed by atoms with Crippen LogP contribution in [0, 0.1) is 13.8 Å². The minimum absolute atomic E-state index is 0.0324. The third kappa shape index (κ3) is 5.40. The van der Waals surface area contributed by atoms with Crippen LogP contribution in [0.15, 0.2) is 35.4 Å². The van der Waals surface area contributed by atoms with Gasteiger partial charge in [-0.15, -0.1) is 0 Å². The van der Waals surface area contributed by atoms with E-state index >= 15 is 0 Å². The van der Waals surface area contributed by atoms with Gasteiger partial charge in [-0.05, 0) is 37.5 Å². The van der Waals surface area contributed by atoms with E-state index in [1.165, 1.54) is 0 Å². The van der Waals surface area contributed by atoms with E-state index in [0.29, 0.717) is 11.4 Å². The molecule has 0 fully saturated rings. The second-order valence-electron chi connectivity index (χ2n) is 6.26. The number of rotatable bonds is 9. The highest BCUT2D eigenvalue weighted by Crippen LogP contribution is 2.16. The molecule has 0 saturated heterocycles. The van der Waals surface area contributed by atoms with E-state index in [9.17, 15) is 13.2 Å². The van der Waals surface area contributed by atoms with E-state index in [0.717, 1.165) is 24.9 Å². The Hall–Kier alpha value is -2.19. The Morgan fingerprint density at radius 1 is 1.23 bits per heavy atom. The first-order chi connectivity index (χ1) is 12.3. The largest absolute Gasteiger partial charge is 0.311 e. The molecule has 0 aliphatic heterocycles. The van der Waals surface area contributed by atoms with Crippen LogP contribution in [0.2, 0.25) is 0 Å². The number of carbonyl (C=O) groups is 1. The van der Waals surface area contributed by atoms with Gasteiger partial charge >= 0.3 is 0 Å². The molecule has 1 aromatic carbocycles. The van der Waals surface area contributed by atoms with E-state index in [2.05, 4.69) is 22.1 Å². The Balaban J connectivity index is 1.90. The summed E-state index contributed by atoms with van der Waals surface area (Å²) >= 11 is 0. The molecule has 2 aromatic rings. The number of nitrogens with one attached hydrogen (secondary N) is 2. The average Bonchev–Trinajstić information content (AvgIpc) is 3.01. The number of nitrogens with zero attached hydrogens (tertiary/aromatic N) is 2. The molecular weight excluding hydrogens is 352 g/mol. The summed E-state index contributed by atoms with van der Waals surface area (Å²) in [5.41, 5.74) is 1.54. The third-order valence-corrected chi connectivity index (χ3v) is 5.59. The first-order valence-electron chi connectivity index (χ1n) is 8.72. The van der Waals surface area contributed by atoms with Crippen molar-refractivity contribution in [3.05, 3.63) is 41.6 Å². The fraction of sp³-hybridized carbons (Fsp3) is 0.444. The van der Waals surface area contributed by atoms with Crippen LogP contribution in [0.25, 0.3) is 0 Å². The summed E-state index contributed by atoms with van der Waals surface area (Å²) < 4.78 is 29.1. The SMILES string of the molecule is CCCCn1nccc1NC(=O)CCNS(=O)(=O)c1cc(C)ccc1C. The van der Waals surface area contributed by atoms with Gasteiger partial charge in [0, 0.05) is 25.6 Å². The lowest BCUT2D eigenvalue weighted by molar-refractivity contribution is -0.116. The summed E-state index contributed by atoms with van der Waals surface area (Å²) in [7, 11) is -3.64. The maximum Gasteiger partial charge on any atom is 0.240 e. The van der Waals surface area contributed by atoms with Crippen LogP contribution in [-0.4, -0.2) is 30.7 Å². The summed E-state index contributed by atoms with van der Waals surface area (Å²) in [6.45, 7) is 6.44. The van der Waals surface area contributed by atoms with E-state index in [4.69, 9.17) is 0 Å². The third-order valence-electron chi connectivity index (χ3n) is 3.98. The maximum absolute atomic E-state index is 12.4. The summed E-state index contributed by atoms with van der Waals surface area (Å²) in [5.74, 6) is 0.368. The first-order valence-corrected chi connectivity index (χ1v) is 10.2. The highest BCUT2D eigenvalue weighted by atomic mass is 32.2. The molecule has 2 N–H and O–H groups in total. The quantitative estimate of drug-likeness (QED) is 0.701. The molecule has 0 spiro atoms. The van der Waals surface area contributed by atoms with Gasteiger partial charge in [-0.25, -0.2) is 17.8 Å². The molecule has 26 heavy (non-hydrogen) atoms. The number of unbranched alkanes of at least 4 members (excludes halogenated alkanes) is 1. The van der Waals surface area contributed by atoms with Crippen molar-refractivity contribution in [2.24, 2.45) is 0 Å². The van der Waals surface area contributed by atoms with Gasteiger partial charge in [0.05, 0.1) is 11.1 Å². The van der Waals surface area contributed by atoms with Crippen LogP contribution < -0.4 is 10.0 Å². The number of carbonyl (C=O) groups excluding carboxylic acids is 1. The molecule has 0 bridgehead atoms. The van der Waals surface area contributed by atoms with Crippen molar-refractivity contribution in [1.29, 1.82) is 0 Å². The van der Waals surface area contributed by atoms with Gasteiger partial charge in [-0.2, -0.15) is 5.10 Å². The summed E-state index contributed by atoms with van der Waals surface area (Å²) in [6, 6.07) is 7.00. The highest BCUT2D eigenvalue weighted by molar-refractivity contribution is 7.89. The zero-order valence-corrected chi connectivity index (χ0v) is 16.3. The summed E-state index contributed by atoms with van der Waals surface area (Å²) in [4.78, 5) is 12.3. The fourth-order valence-electron chi connectivity index (χ4n) is 2.50. The van der Waals surface area contributed by atoms with Crippen LogP contribution >= 0.6 is 0 Å². The predicted molar refractivity (Wildman–Crippen MR) is 101 cm³/mol. The monoisotopic (exact) mass is 378 g/mol. The number of aryl methyl sites for hydroxylation is 3. The molecule has 7 nitrogen and oxygen atoms in total. The van der Waals surface area contributed by atoms with E-state index in [1.54, 1.807) is 36.0 Å². The molecule has 8 heteroatoms. The zero-order valence-electron chi connectivity index (χ0n) is 15.4. The van der Waals surface area contributed by atoms with Crippen molar-refractivity contribution in [2.45, 2.75) is 51.5 Å². The van der Waals surface area contributed by atoms with Gasteiger partial charge in [0.2, 0.25) is 15.9 Å². The molecule has 0 radical (unpaired) electrons. The number of hydrogen-bond donors (Lipinski definition) is 2. The lowest BCUT2D eigenvalue weighted by Gasteiger charge is -2.11. The Morgan fingerprint density at radius 2 is 2.00 bits per heavy atom. The second-order valence-corrected chi connectivity index (χ2v) is 7.99. The molecule has 1 heterocycles. The minimum Gasteiger partial charge on any atom is -0.311 e. The number of sulfonamides is 1. The number of anilines is 1. The Labute approximate surface area is 154 Å². The lowest BCUT2D eigenvalue weighted by atomic mass is 10.2. The van der Waals surface area contributed by atoms with Crippen LogP contribution in [0.3, 0.4) is 0 Å². The van der Waals surface area contributed by atoms with Crippen molar-refractivity contribution >= 4 is 21.7 Å². The molecule has 0 saturated carbocycles. The molecule has 142 valence electrons. The number of benzene rings is 1. The van der Waals surface area contributed by atoms with Crippen LogP contribution in [0.1, 0.15) is 37.3 Å².